The summed E-state index contributed by atoms with van der Waals surface area (Å²) in [5, 5.41) is 3.19. The molecule has 2 bridgehead atoms. The maximum absolute atomic E-state index is 13.5. The number of halogens is 2. The fraction of sp³-hybridized carbons (Fsp3) is 0.360. The zero-order valence-corrected chi connectivity index (χ0v) is 19.3. The van der Waals surface area contributed by atoms with Gasteiger partial charge in [0.1, 0.15) is 24.0 Å². The van der Waals surface area contributed by atoms with Gasteiger partial charge >= 0.3 is 0 Å². The molecule has 2 aromatic carbocycles. The standard InChI is InChI=1S/C25H25ClFN3O3/c1-15-29(2)21-7-4-16(8-22(21)30(15)3)23(32)28-25-12-24(13-25,14-25)10-17(31)11-33-18-5-6-19(26)20(27)9-18/h4-9H,1,10-14H2,2-3H3,(H,28,32). The Morgan fingerprint density at radius 3 is 2.52 bits per heavy atom. The summed E-state index contributed by atoms with van der Waals surface area (Å²) in [7, 11) is 3.88. The van der Waals surface area contributed by atoms with E-state index in [1.807, 2.05) is 42.1 Å². The second-order valence-electron chi connectivity index (χ2n) is 9.58. The van der Waals surface area contributed by atoms with Gasteiger partial charge in [0.15, 0.2) is 5.78 Å². The van der Waals surface area contributed by atoms with E-state index in [4.69, 9.17) is 16.3 Å². The molecule has 4 aliphatic rings. The van der Waals surface area contributed by atoms with Crippen LogP contribution in [0.25, 0.3) is 0 Å². The van der Waals surface area contributed by atoms with Crippen LogP contribution in [0.4, 0.5) is 15.8 Å². The van der Waals surface area contributed by atoms with Crippen molar-refractivity contribution in [3.05, 3.63) is 65.2 Å². The van der Waals surface area contributed by atoms with Crippen LogP contribution in [0.3, 0.4) is 0 Å². The number of anilines is 2. The summed E-state index contributed by atoms with van der Waals surface area (Å²) in [6, 6.07) is 9.77. The molecule has 0 unspecified atom stereocenters. The van der Waals surface area contributed by atoms with Crippen LogP contribution in [0.1, 0.15) is 36.0 Å². The first-order valence-corrected chi connectivity index (χ1v) is 11.2. The minimum absolute atomic E-state index is 0.0135. The first-order chi connectivity index (χ1) is 15.6. The molecule has 0 radical (unpaired) electrons. The molecular weight excluding hydrogens is 445 g/mol. The first kappa shape index (κ1) is 21.8. The number of fused-ring (bicyclic) bond motifs is 1. The number of carbonyl (C=O) groups excluding carboxylic acids is 2. The molecular formula is C25H25ClFN3O3. The number of amides is 1. The Morgan fingerprint density at radius 2 is 1.82 bits per heavy atom. The van der Waals surface area contributed by atoms with Crippen molar-refractivity contribution in [2.75, 3.05) is 30.5 Å². The predicted octanol–water partition coefficient (Wildman–Crippen LogP) is 4.53. The average Bonchev–Trinajstić information content (AvgIpc) is 2.95. The van der Waals surface area contributed by atoms with Gasteiger partial charge in [-0.15, -0.1) is 0 Å². The third kappa shape index (κ3) is 3.64. The molecule has 1 amide bonds. The van der Waals surface area contributed by atoms with Crippen LogP contribution in [0.5, 0.6) is 5.75 Å². The van der Waals surface area contributed by atoms with Gasteiger partial charge in [0, 0.05) is 37.7 Å². The number of rotatable bonds is 7. The summed E-state index contributed by atoms with van der Waals surface area (Å²) >= 11 is 5.66. The van der Waals surface area contributed by atoms with Crippen molar-refractivity contribution < 1.29 is 18.7 Å². The van der Waals surface area contributed by atoms with E-state index < -0.39 is 5.82 Å². The fourth-order valence-electron chi connectivity index (χ4n) is 5.55. The van der Waals surface area contributed by atoms with Gasteiger partial charge in [0.25, 0.3) is 5.91 Å². The van der Waals surface area contributed by atoms with Crippen molar-refractivity contribution in [2.24, 2.45) is 5.41 Å². The average molecular weight is 470 g/mol. The largest absolute Gasteiger partial charge is 0.486 e. The van der Waals surface area contributed by atoms with E-state index in [1.165, 1.54) is 18.2 Å². The number of ketones is 1. The lowest BCUT2D eigenvalue weighted by Crippen LogP contribution is -2.75. The normalized spacial score (nSPS) is 24.7. The molecule has 8 heteroatoms. The van der Waals surface area contributed by atoms with E-state index in [0.717, 1.165) is 36.5 Å². The molecule has 6 nitrogen and oxygen atoms in total. The highest BCUT2D eigenvalue weighted by Crippen LogP contribution is 2.69. The second kappa shape index (κ2) is 7.48. The van der Waals surface area contributed by atoms with Crippen LogP contribution >= 0.6 is 11.6 Å². The number of ether oxygens (including phenoxy) is 1. The van der Waals surface area contributed by atoms with Gasteiger partial charge in [-0.3, -0.25) is 9.59 Å². The van der Waals surface area contributed by atoms with Gasteiger partial charge in [-0.25, -0.2) is 4.39 Å². The summed E-state index contributed by atoms with van der Waals surface area (Å²) < 4.78 is 18.9. The van der Waals surface area contributed by atoms with Gasteiger partial charge in [-0.05, 0) is 55.0 Å². The summed E-state index contributed by atoms with van der Waals surface area (Å²) in [6.07, 6.45) is 2.77. The van der Waals surface area contributed by atoms with Crippen LogP contribution in [0.2, 0.25) is 5.02 Å². The van der Waals surface area contributed by atoms with E-state index in [0.29, 0.717) is 12.0 Å². The quantitative estimate of drug-likeness (QED) is 0.645. The molecule has 0 spiro atoms. The van der Waals surface area contributed by atoms with Crippen molar-refractivity contribution in [3.63, 3.8) is 0 Å². The van der Waals surface area contributed by atoms with Crippen LogP contribution in [-0.2, 0) is 4.79 Å². The van der Waals surface area contributed by atoms with Gasteiger partial charge in [-0.2, -0.15) is 0 Å². The van der Waals surface area contributed by atoms with Crippen LogP contribution in [0.15, 0.2) is 48.8 Å². The Labute approximate surface area is 197 Å². The third-order valence-electron chi connectivity index (χ3n) is 7.12. The third-order valence-corrected chi connectivity index (χ3v) is 7.42. The number of hydrogen-bond donors (Lipinski definition) is 1. The van der Waals surface area contributed by atoms with E-state index >= 15 is 0 Å². The summed E-state index contributed by atoms with van der Waals surface area (Å²) in [6.45, 7) is 3.95. The highest BCUT2D eigenvalue weighted by Gasteiger charge is 2.68. The number of nitrogens with one attached hydrogen (secondary N) is 1. The molecule has 6 rings (SSSR count). The minimum Gasteiger partial charge on any atom is -0.486 e. The lowest BCUT2D eigenvalue weighted by molar-refractivity contribution is -0.162. The number of Topliss-reactive ketones (excluding diaryl/α,β-unsaturated/α-hetero) is 1. The highest BCUT2D eigenvalue weighted by molar-refractivity contribution is 6.30. The maximum atomic E-state index is 13.5. The van der Waals surface area contributed by atoms with E-state index in [-0.39, 0.29) is 40.0 Å². The zero-order valence-electron chi connectivity index (χ0n) is 18.6. The van der Waals surface area contributed by atoms with Crippen molar-refractivity contribution >= 4 is 34.7 Å². The number of carbonyl (C=O) groups is 2. The Kier molecular flexibility index (Phi) is 4.94. The molecule has 0 saturated heterocycles. The monoisotopic (exact) mass is 469 g/mol. The molecule has 3 aliphatic carbocycles. The summed E-state index contributed by atoms with van der Waals surface area (Å²) in [4.78, 5) is 29.2. The zero-order chi connectivity index (χ0) is 23.5. The van der Waals surface area contributed by atoms with Crippen molar-refractivity contribution in [2.45, 2.75) is 31.2 Å². The molecule has 0 atom stereocenters. The fourth-order valence-corrected chi connectivity index (χ4v) is 5.67. The molecule has 1 aliphatic heterocycles. The number of benzene rings is 2. The molecule has 1 heterocycles. The maximum Gasteiger partial charge on any atom is 0.251 e. The lowest BCUT2D eigenvalue weighted by atomic mass is 9.38. The van der Waals surface area contributed by atoms with Crippen molar-refractivity contribution in [1.29, 1.82) is 0 Å². The Bertz CT molecular complexity index is 1180. The van der Waals surface area contributed by atoms with Crippen LogP contribution < -0.4 is 19.9 Å². The van der Waals surface area contributed by atoms with Crippen molar-refractivity contribution in [1.82, 2.24) is 5.32 Å². The molecule has 3 saturated carbocycles. The molecule has 3 fully saturated rings. The molecule has 33 heavy (non-hydrogen) atoms. The highest BCUT2D eigenvalue weighted by atomic mass is 35.5. The van der Waals surface area contributed by atoms with Crippen LogP contribution in [0, 0.1) is 11.2 Å². The smallest absolute Gasteiger partial charge is 0.251 e. The molecule has 1 N–H and O–H groups in total. The summed E-state index contributed by atoms with van der Waals surface area (Å²) in [5.41, 5.74) is 2.31. The van der Waals surface area contributed by atoms with Gasteiger partial charge < -0.3 is 19.9 Å². The molecule has 2 aromatic rings. The predicted molar refractivity (Wildman–Crippen MR) is 125 cm³/mol. The topological polar surface area (TPSA) is 61.9 Å². The first-order valence-electron chi connectivity index (χ1n) is 10.8. The lowest BCUT2D eigenvalue weighted by Gasteiger charge is -2.70. The minimum atomic E-state index is -0.578. The number of nitrogens with zero attached hydrogens (tertiary/aromatic N) is 2. The summed E-state index contributed by atoms with van der Waals surface area (Å²) in [5.74, 6) is 0.431. The molecule has 0 aromatic heterocycles. The van der Waals surface area contributed by atoms with Gasteiger partial charge in [-0.1, -0.05) is 18.2 Å². The molecule has 172 valence electrons. The van der Waals surface area contributed by atoms with Gasteiger partial charge in [0.2, 0.25) is 0 Å². The second-order valence-corrected chi connectivity index (χ2v) is 9.99. The Hall–Kier alpha value is -3.06. The van der Waals surface area contributed by atoms with E-state index in [2.05, 4.69) is 11.9 Å². The SMILES string of the molecule is C=C1N(C)c2ccc(C(=O)NC34CC(CC(=O)COc5ccc(Cl)c(F)c5)(C3)C4)cc2N1C. The number of hydrogen-bond acceptors (Lipinski definition) is 5. The van der Waals surface area contributed by atoms with Crippen LogP contribution in [-0.4, -0.2) is 37.9 Å². The Morgan fingerprint density at radius 1 is 1.12 bits per heavy atom. The van der Waals surface area contributed by atoms with E-state index in [9.17, 15) is 14.0 Å². The van der Waals surface area contributed by atoms with E-state index in [1.54, 1.807) is 0 Å². The Balaban J connectivity index is 1.13. The van der Waals surface area contributed by atoms with Crippen molar-refractivity contribution in [3.8, 4) is 5.75 Å². The van der Waals surface area contributed by atoms with Gasteiger partial charge in [0.05, 0.1) is 16.4 Å².